The maximum Gasteiger partial charge on any atom is 0.325 e. The number of para-hydroxylation sites is 1. The molecule has 4 rings (SSSR count). The van der Waals surface area contributed by atoms with Crippen molar-refractivity contribution in [2.75, 3.05) is 17.2 Å². The largest absolute Gasteiger partial charge is 0.325 e. The topological polar surface area (TPSA) is 69.7 Å². The van der Waals surface area contributed by atoms with Crippen LogP contribution in [-0.2, 0) is 9.59 Å². The number of nitrogens with one attached hydrogen (secondary N) is 1. The molecule has 0 spiro atoms. The molecule has 0 aromatic heterocycles. The number of imide groups is 1. The molecular weight excluding hydrogens is 386 g/mol. The Kier molecular flexibility index (Phi) is 5.08. The van der Waals surface area contributed by atoms with Crippen LogP contribution in [0.15, 0.2) is 59.5 Å². The lowest BCUT2D eigenvalue weighted by Crippen LogP contribution is -2.47. The highest BCUT2D eigenvalue weighted by molar-refractivity contribution is 7.99. The van der Waals surface area contributed by atoms with Gasteiger partial charge in [-0.3, -0.25) is 14.5 Å². The predicted octanol–water partition coefficient (Wildman–Crippen LogP) is 3.59. The fourth-order valence-corrected chi connectivity index (χ4v) is 4.93. The van der Waals surface area contributed by atoms with Gasteiger partial charge in [0.05, 0.1) is 11.7 Å². The average molecular weight is 410 g/mol. The summed E-state index contributed by atoms with van der Waals surface area (Å²) < 4.78 is 0. The minimum absolute atomic E-state index is 0.165. The molecule has 6 nitrogen and oxygen atoms in total. The third-order valence-electron chi connectivity index (χ3n) is 5.63. The van der Waals surface area contributed by atoms with Gasteiger partial charge in [0.25, 0.3) is 5.91 Å². The smallest absolute Gasteiger partial charge is 0.323 e. The Morgan fingerprint density at radius 1 is 1.14 bits per heavy atom. The molecule has 0 unspecified atom stereocenters. The lowest BCUT2D eigenvalue weighted by atomic mass is 9.99. The number of anilines is 1. The van der Waals surface area contributed by atoms with Crippen LogP contribution in [0.25, 0.3) is 0 Å². The van der Waals surface area contributed by atoms with Crippen LogP contribution in [0.2, 0.25) is 0 Å². The zero-order valence-corrected chi connectivity index (χ0v) is 17.2. The number of fused-ring (bicyclic) bond motifs is 1. The normalized spacial score (nSPS) is 23.7. The van der Waals surface area contributed by atoms with E-state index in [0.29, 0.717) is 12.2 Å². The maximum absolute atomic E-state index is 13.4. The van der Waals surface area contributed by atoms with E-state index in [9.17, 15) is 14.4 Å². The van der Waals surface area contributed by atoms with E-state index in [1.807, 2.05) is 61.5 Å². The van der Waals surface area contributed by atoms with E-state index in [2.05, 4.69) is 5.32 Å². The highest BCUT2D eigenvalue weighted by Crippen LogP contribution is 2.43. The van der Waals surface area contributed by atoms with Gasteiger partial charge in [-0.25, -0.2) is 4.79 Å². The molecule has 0 aliphatic carbocycles. The monoisotopic (exact) mass is 409 g/mol. The molecule has 2 aliphatic heterocycles. The first-order valence-corrected chi connectivity index (χ1v) is 10.7. The van der Waals surface area contributed by atoms with Crippen LogP contribution in [0.1, 0.15) is 31.9 Å². The summed E-state index contributed by atoms with van der Waals surface area (Å²) in [5.74, 6) is 0.0873. The van der Waals surface area contributed by atoms with Gasteiger partial charge in [-0.2, -0.15) is 0 Å². The third kappa shape index (κ3) is 3.40. The fraction of sp³-hybridized carbons (Fsp3) is 0.318. The number of carbonyl (C=O) groups is 3. The third-order valence-corrected chi connectivity index (χ3v) is 6.77. The molecule has 4 amide bonds. The standard InChI is InChI=1S/C22H23N3O3S/c1-3-22(2)20(27)24(21(28)23-22)13-19(26)25-16-11-7-8-12-18(16)29-14-17(25)15-9-5-4-6-10-15/h4-12,17H,3,13-14H2,1-2H3,(H,23,28)/t17-,22+/m1/s1. The molecular formula is C22H23N3O3S. The second-order valence-corrected chi connectivity index (χ2v) is 8.54. The summed E-state index contributed by atoms with van der Waals surface area (Å²) in [6.07, 6.45) is 0.470. The van der Waals surface area contributed by atoms with Crippen LogP contribution in [-0.4, -0.2) is 40.6 Å². The Hall–Kier alpha value is -2.80. The molecule has 2 atom stereocenters. The highest BCUT2D eigenvalue weighted by atomic mass is 32.2. The molecule has 2 aromatic carbocycles. The van der Waals surface area contributed by atoms with Crippen molar-refractivity contribution in [1.82, 2.24) is 10.2 Å². The van der Waals surface area contributed by atoms with E-state index >= 15 is 0 Å². The summed E-state index contributed by atoms with van der Waals surface area (Å²) in [6, 6.07) is 16.9. The van der Waals surface area contributed by atoms with E-state index in [0.717, 1.165) is 21.0 Å². The molecule has 0 radical (unpaired) electrons. The molecule has 1 saturated heterocycles. The molecule has 2 aliphatic rings. The van der Waals surface area contributed by atoms with Crippen LogP contribution in [0.4, 0.5) is 10.5 Å². The zero-order chi connectivity index (χ0) is 20.6. The molecule has 2 aromatic rings. The molecule has 7 heteroatoms. The Morgan fingerprint density at radius 3 is 2.52 bits per heavy atom. The first-order chi connectivity index (χ1) is 13.9. The number of urea groups is 1. The second-order valence-electron chi connectivity index (χ2n) is 7.48. The van der Waals surface area contributed by atoms with E-state index in [1.54, 1.807) is 23.6 Å². The number of nitrogens with zero attached hydrogens (tertiary/aromatic N) is 2. The second kappa shape index (κ2) is 7.55. The lowest BCUT2D eigenvalue weighted by Gasteiger charge is -2.37. The van der Waals surface area contributed by atoms with Crippen molar-refractivity contribution in [2.24, 2.45) is 0 Å². The maximum atomic E-state index is 13.4. The molecule has 0 saturated carbocycles. The summed E-state index contributed by atoms with van der Waals surface area (Å²) in [5, 5.41) is 2.71. The summed E-state index contributed by atoms with van der Waals surface area (Å²) in [4.78, 5) is 42.4. The predicted molar refractivity (Wildman–Crippen MR) is 113 cm³/mol. The van der Waals surface area contributed by atoms with Crippen LogP contribution in [0, 0.1) is 0 Å². The van der Waals surface area contributed by atoms with Crippen molar-refractivity contribution in [3.63, 3.8) is 0 Å². The molecule has 29 heavy (non-hydrogen) atoms. The first-order valence-electron chi connectivity index (χ1n) is 9.67. The SMILES string of the molecule is CC[C@]1(C)NC(=O)N(CC(=O)N2c3ccccc3SC[C@@H]2c2ccccc2)C1=O. The number of hydrogen-bond acceptors (Lipinski definition) is 4. The molecule has 0 bridgehead atoms. The van der Waals surface area contributed by atoms with Gasteiger partial charge in [0.2, 0.25) is 5.91 Å². The minimum atomic E-state index is -0.953. The van der Waals surface area contributed by atoms with E-state index in [1.165, 1.54) is 0 Å². The number of hydrogen-bond donors (Lipinski definition) is 1. The van der Waals surface area contributed by atoms with Gasteiger partial charge in [-0.15, -0.1) is 11.8 Å². The molecule has 2 heterocycles. The van der Waals surface area contributed by atoms with Crippen LogP contribution in [0.5, 0.6) is 0 Å². The van der Waals surface area contributed by atoms with Crippen LogP contribution >= 0.6 is 11.8 Å². The Balaban J connectivity index is 1.67. The quantitative estimate of drug-likeness (QED) is 0.784. The van der Waals surface area contributed by atoms with Crippen LogP contribution in [0.3, 0.4) is 0 Å². The summed E-state index contributed by atoms with van der Waals surface area (Å²) in [5.41, 5.74) is 0.887. The number of rotatable bonds is 4. The van der Waals surface area contributed by atoms with Crippen LogP contribution < -0.4 is 10.2 Å². The summed E-state index contributed by atoms with van der Waals surface area (Å²) in [7, 11) is 0. The van der Waals surface area contributed by atoms with E-state index < -0.39 is 11.6 Å². The van der Waals surface area contributed by atoms with Gasteiger partial charge in [-0.05, 0) is 31.0 Å². The van der Waals surface area contributed by atoms with Crippen molar-refractivity contribution in [3.8, 4) is 0 Å². The van der Waals surface area contributed by atoms with Crippen molar-refractivity contribution in [1.29, 1.82) is 0 Å². The van der Waals surface area contributed by atoms with Gasteiger partial charge in [-0.1, -0.05) is 49.4 Å². The number of thioether (sulfide) groups is 1. The van der Waals surface area contributed by atoms with Gasteiger partial charge >= 0.3 is 6.03 Å². The van der Waals surface area contributed by atoms with Crippen molar-refractivity contribution in [3.05, 3.63) is 60.2 Å². The number of benzene rings is 2. The van der Waals surface area contributed by atoms with Crippen molar-refractivity contribution < 1.29 is 14.4 Å². The van der Waals surface area contributed by atoms with E-state index in [4.69, 9.17) is 0 Å². The summed E-state index contributed by atoms with van der Waals surface area (Å²) in [6.45, 7) is 3.26. The Labute approximate surface area is 174 Å². The number of amides is 4. The highest BCUT2D eigenvalue weighted by Gasteiger charge is 2.48. The fourth-order valence-electron chi connectivity index (χ4n) is 3.76. The van der Waals surface area contributed by atoms with E-state index in [-0.39, 0.29) is 24.4 Å². The van der Waals surface area contributed by atoms with Gasteiger partial charge < -0.3 is 10.2 Å². The molecule has 150 valence electrons. The Morgan fingerprint density at radius 2 is 1.83 bits per heavy atom. The molecule has 1 N–H and O–H groups in total. The van der Waals surface area contributed by atoms with Gasteiger partial charge in [0.15, 0.2) is 0 Å². The Bertz CT molecular complexity index is 965. The average Bonchev–Trinajstić information content (AvgIpc) is 2.97. The number of carbonyl (C=O) groups excluding carboxylic acids is 3. The first kappa shape index (κ1) is 19.5. The molecule has 1 fully saturated rings. The zero-order valence-electron chi connectivity index (χ0n) is 16.4. The summed E-state index contributed by atoms with van der Waals surface area (Å²) >= 11 is 1.71. The lowest BCUT2D eigenvalue weighted by molar-refractivity contribution is -0.134. The minimum Gasteiger partial charge on any atom is -0.323 e. The van der Waals surface area contributed by atoms with Gasteiger partial charge in [0, 0.05) is 10.6 Å². The van der Waals surface area contributed by atoms with Gasteiger partial charge in [0.1, 0.15) is 12.1 Å². The van der Waals surface area contributed by atoms with Crippen molar-refractivity contribution >= 4 is 35.3 Å². The van der Waals surface area contributed by atoms with Crippen molar-refractivity contribution in [2.45, 2.75) is 36.7 Å².